The van der Waals surface area contributed by atoms with Crippen LogP contribution < -0.4 is 14.8 Å². The molecule has 1 N–H and O–H groups in total. The number of fused-ring (bicyclic) bond motifs is 1. The molecule has 0 saturated carbocycles. The van der Waals surface area contributed by atoms with Crippen molar-refractivity contribution in [1.29, 1.82) is 0 Å². The van der Waals surface area contributed by atoms with Crippen molar-refractivity contribution in [2.75, 3.05) is 19.9 Å². The van der Waals surface area contributed by atoms with Crippen LogP contribution in [0.15, 0.2) is 25.0 Å². The molecule has 0 amide bonds. The molecule has 1 aromatic rings. The van der Waals surface area contributed by atoms with Crippen LogP contribution in [0.5, 0.6) is 11.5 Å². The molecular formula is C13H16ClNO3. The summed E-state index contributed by atoms with van der Waals surface area (Å²) in [5.74, 6) is 1.36. The molecule has 5 heteroatoms. The van der Waals surface area contributed by atoms with Gasteiger partial charge in [0.25, 0.3) is 0 Å². The van der Waals surface area contributed by atoms with Gasteiger partial charge in [-0.15, -0.1) is 0 Å². The second kappa shape index (κ2) is 6.52. The van der Waals surface area contributed by atoms with E-state index in [0.717, 1.165) is 25.1 Å². The molecule has 0 spiro atoms. The first-order chi connectivity index (χ1) is 8.81. The highest BCUT2D eigenvalue weighted by Gasteiger charge is 2.17. The normalized spacial score (nSPS) is 12.5. The van der Waals surface area contributed by atoms with Crippen molar-refractivity contribution in [2.24, 2.45) is 0 Å². The molecule has 1 aromatic carbocycles. The van der Waals surface area contributed by atoms with E-state index in [0.29, 0.717) is 23.1 Å². The molecule has 2 rings (SSSR count). The van der Waals surface area contributed by atoms with Gasteiger partial charge in [-0.2, -0.15) is 0 Å². The molecule has 0 fully saturated rings. The summed E-state index contributed by atoms with van der Waals surface area (Å²) < 4.78 is 15.6. The fourth-order valence-electron chi connectivity index (χ4n) is 1.72. The molecule has 1 aliphatic heterocycles. The maximum absolute atomic E-state index is 6.09. The van der Waals surface area contributed by atoms with Gasteiger partial charge < -0.3 is 19.5 Å². The Labute approximate surface area is 111 Å². The summed E-state index contributed by atoms with van der Waals surface area (Å²) in [5, 5.41) is 3.90. The Morgan fingerprint density at radius 3 is 3.17 bits per heavy atom. The zero-order chi connectivity index (χ0) is 12.8. The smallest absolute Gasteiger partial charge is 0.231 e. The summed E-state index contributed by atoms with van der Waals surface area (Å²) in [4.78, 5) is 0. The summed E-state index contributed by atoms with van der Waals surface area (Å²) in [7, 11) is 0. The Kier molecular flexibility index (Phi) is 4.73. The molecule has 0 radical (unpaired) electrons. The standard InChI is InChI=1S/C13H16ClNO3/c1-2-16-5-3-4-15-8-10-6-11(14)13-12(7-10)17-9-18-13/h2,6-7,15H,1,3-5,8-9H2. The lowest BCUT2D eigenvalue weighted by Gasteiger charge is -2.07. The van der Waals surface area contributed by atoms with Crippen LogP contribution in [0.3, 0.4) is 0 Å². The molecule has 4 nitrogen and oxygen atoms in total. The first-order valence-corrected chi connectivity index (χ1v) is 6.20. The highest BCUT2D eigenvalue weighted by molar-refractivity contribution is 6.32. The van der Waals surface area contributed by atoms with E-state index in [1.165, 1.54) is 6.26 Å². The monoisotopic (exact) mass is 269 g/mol. The minimum Gasteiger partial charge on any atom is -0.502 e. The number of hydrogen-bond acceptors (Lipinski definition) is 4. The maximum atomic E-state index is 6.09. The first-order valence-electron chi connectivity index (χ1n) is 5.82. The lowest BCUT2D eigenvalue weighted by atomic mass is 10.2. The molecule has 1 aliphatic rings. The number of nitrogens with one attached hydrogen (secondary N) is 1. The van der Waals surface area contributed by atoms with Crippen LogP contribution in [-0.4, -0.2) is 19.9 Å². The second-order valence-corrected chi connectivity index (χ2v) is 4.29. The Hall–Kier alpha value is -1.39. The lowest BCUT2D eigenvalue weighted by Crippen LogP contribution is -2.16. The molecule has 0 aliphatic carbocycles. The number of hydrogen-bond donors (Lipinski definition) is 1. The first kappa shape index (κ1) is 13.1. The molecule has 18 heavy (non-hydrogen) atoms. The van der Waals surface area contributed by atoms with Gasteiger partial charge >= 0.3 is 0 Å². The highest BCUT2D eigenvalue weighted by atomic mass is 35.5. The Balaban J connectivity index is 1.79. The van der Waals surface area contributed by atoms with Crippen LogP contribution >= 0.6 is 11.6 Å². The van der Waals surface area contributed by atoms with E-state index in [1.807, 2.05) is 12.1 Å². The third kappa shape index (κ3) is 3.31. The Morgan fingerprint density at radius 2 is 2.33 bits per heavy atom. The van der Waals surface area contributed by atoms with Gasteiger partial charge in [-0.1, -0.05) is 18.2 Å². The summed E-state index contributed by atoms with van der Waals surface area (Å²) in [6.07, 6.45) is 2.39. The second-order valence-electron chi connectivity index (χ2n) is 3.88. The van der Waals surface area contributed by atoms with E-state index in [-0.39, 0.29) is 6.79 Å². The van der Waals surface area contributed by atoms with E-state index in [9.17, 15) is 0 Å². The van der Waals surface area contributed by atoms with Crippen molar-refractivity contribution in [3.8, 4) is 11.5 Å². The molecule has 0 aromatic heterocycles. The molecule has 0 bridgehead atoms. The van der Waals surface area contributed by atoms with Gasteiger partial charge in [-0.05, 0) is 30.7 Å². The molecule has 1 heterocycles. The zero-order valence-corrected chi connectivity index (χ0v) is 10.8. The molecular weight excluding hydrogens is 254 g/mol. The van der Waals surface area contributed by atoms with Crippen molar-refractivity contribution in [2.45, 2.75) is 13.0 Å². The quantitative estimate of drug-likeness (QED) is 0.610. The van der Waals surface area contributed by atoms with Crippen molar-refractivity contribution in [3.05, 3.63) is 35.6 Å². The summed E-state index contributed by atoms with van der Waals surface area (Å²) in [6.45, 7) is 6.02. The van der Waals surface area contributed by atoms with Crippen LogP contribution in [0.4, 0.5) is 0 Å². The maximum Gasteiger partial charge on any atom is 0.231 e. The Morgan fingerprint density at radius 1 is 1.44 bits per heavy atom. The number of rotatable bonds is 7. The average molecular weight is 270 g/mol. The zero-order valence-electron chi connectivity index (χ0n) is 10.1. The lowest BCUT2D eigenvalue weighted by molar-refractivity contribution is 0.174. The third-order valence-electron chi connectivity index (χ3n) is 2.55. The number of benzene rings is 1. The van der Waals surface area contributed by atoms with Crippen LogP contribution in [0.1, 0.15) is 12.0 Å². The average Bonchev–Trinajstić information content (AvgIpc) is 2.82. The molecule has 0 unspecified atom stereocenters. The minimum atomic E-state index is 0.241. The van der Waals surface area contributed by atoms with Crippen LogP contribution in [-0.2, 0) is 11.3 Å². The molecule has 0 saturated heterocycles. The fraction of sp³-hybridized carbons (Fsp3) is 0.385. The van der Waals surface area contributed by atoms with Gasteiger partial charge in [-0.3, -0.25) is 0 Å². The summed E-state index contributed by atoms with van der Waals surface area (Å²) >= 11 is 6.09. The Bertz CT molecular complexity index is 423. The van der Waals surface area contributed by atoms with E-state index in [1.54, 1.807) is 0 Å². The summed E-state index contributed by atoms with van der Waals surface area (Å²) in [6, 6.07) is 3.84. The van der Waals surface area contributed by atoms with Gasteiger partial charge in [0.2, 0.25) is 6.79 Å². The number of ether oxygens (including phenoxy) is 3. The van der Waals surface area contributed by atoms with Crippen LogP contribution in [0.2, 0.25) is 5.02 Å². The van der Waals surface area contributed by atoms with Crippen molar-refractivity contribution in [1.82, 2.24) is 5.32 Å². The van der Waals surface area contributed by atoms with Gasteiger partial charge in [0.1, 0.15) is 0 Å². The van der Waals surface area contributed by atoms with E-state index >= 15 is 0 Å². The SMILES string of the molecule is C=COCCCNCc1cc(Cl)c2c(c1)OCO2. The minimum absolute atomic E-state index is 0.241. The summed E-state index contributed by atoms with van der Waals surface area (Å²) in [5.41, 5.74) is 1.08. The van der Waals surface area contributed by atoms with Crippen molar-refractivity contribution < 1.29 is 14.2 Å². The van der Waals surface area contributed by atoms with Crippen molar-refractivity contribution >= 4 is 11.6 Å². The number of halogens is 1. The van der Waals surface area contributed by atoms with Crippen LogP contribution in [0, 0.1) is 0 Å². The van der Waals surface area contributed by atoms with Crippen LogP contribution in [0.25, 0.3) is 0 Å². The molecule has 98 valence electrons. The van der Waals surface area contributed by atoms with Gasteiger partial charge in [0.05, 0.1) is 17.9 Å². The van der Waals surface area contributed by atoms with E-state index in [4.69, 9.17) is 25.8 Å². The largest absolute Gasteiger partial charge is 0.502 e. The van der Waals surface area contributed by atoms with E-state index < -0.39 is 0 Å². The van der Waals surface area contributed by atoms with Gasteiger partial charge in [0.15, 0.2) is 11.5 Å². The van der Waals surface area contributed by atoms with Gasteiger partial charge in [0, 0.05) is 6.54 Å². The predicted molar refractivity (Wildman–Crippen MR) is 70.0 cm³/mol. The highest BCUT2D eigenvalue weighted by Crippen LogP contribution is 2.39. The predicted octanol–water partition coefficient (Wildman–Crippen LogP) is 2.71. The van der Waals surface area contributed by atoms with E-state index in [2.05, 4.69) is 11.9 Å². The fourth-order valence-corrected chi connectivity index (χ4v) is 2.01. The van der Waals surface area contributed by atoms with Gasteiger partial charge in [-0.25, -0.2) is 0 Å². The topological polar surface area (TPSA) is 39.7 Å². The third-order valence-corrected chi connectivity index (χ3v) is 2.83. The molecule has 0 atom stereocenters. The van der Waals surface area contributed by atoms with Crippen molar-refractivity contribution in [3.63, 3.8) is 0 Å².